The molecule has 0 aromatic heterocycles. The fourth-order valence-corrected chi connectivity index (χ4v) is 4.94. The van der Waals surface area contributed by atoms with Crippen LogP contribution in [0.25, 0.3) is 0 Å². The first-order valence-electron chi connectivity index (χ1n) is 12.1. The Kier molecular flexibility index (Phi) is 8.93. The monoisotopic (exact) mass is 442 g/mol. The first-order chi connectivity index (χ1) is 15.5. The predicted molar refractivity (Wildman–Crippen MR) is 132 cm³/mol. The van der Waals surface area contributed by atoms with Gasteiger partial charge in [-0.3, -0.25) is 14.7 Å². The molecule has 0 spiro atoms. The Morgan fingerprint density at radius 1 is 1.00 bits per heavy atom. The van der Waals surface area contributed by atoms with Crippen LogP contribution in [0.15, 0.2) is 29.3 Å². The number of likely N-dealkylation sites (N-methyl/N-ethyl adjacent to an activating group) is 1. The molecule has 1 aromatic carbocycles. The van der Waals surface area contributed by atoms with Gasteiger partial charge in [-0.25, -0.2) is 0 Å². The minimum atomic E-state index is -0.300. The van der Waals surface area contributed by atoms with Crippen molar-refractivity contribution in [3.8, 4) is 0 Å². The number of piperazine rings is 1. The van der Waals surface area contributed by atoms with Crippen molar-refractivity contribution >= 4 is 11.9 Å². The maximum atomic E-state index is 12.8. The van der Waals surface area contributed by atoms with Crippen molar-refractivity contribution in [2.24, 2.45) is 10.4 Å². The Labute approximate surface area is 194 Å². The zero-order valence-electron chi connectivity index (χ0n) is 20.5. The topological polar surface area (TPSA) is 63.2 Å². The summed E-state index contributed by atoms with van der Waals surface area (Å²) < 4.78 is 0. The van der Waals surface area contributed by atoms with Crippen molar-refractivity contribution in [2.75, 3.05) is 60.4 Å². The first-order valence-corrected chi connectivity index (χ1v) is 12.1. The first kappa shape index (κ1) is 24.5. The second-order valence-electron chi connectivity index (χ2n) is 9.49. The molecule has 1 aliphatic carbocycles. The number of amides is 1. The van der Waals surface area contributed by atoms with E-state index in [1.54, 1.807) is 11.9 Å². The average molecular weight is 443 g/mol. The molecule has 3 rings (SSSR count). The van der Waals surface area contributed by atoms with Crippen LogP contribution in [0.2, 0.25) is 0 Å². The summed E-state index contributed by atoms with van der Waals surface area (Å²) in [4.78, 5) is 23.9. The van der Waals surface area contributed by atoms with E-state index < -0.39 is 0 Å². The van der Waals surface area contributed by atoms with E-state index >= 15 is 0 Å². The smallest absolute Gasteiger partial charge is 0.230 e. The van der Waals surface area contributed by atoms with Gasteiger partial charge in [-0.1, -0.05) is 44.0 Å². The summed E-state index contributed by atoms with van der Waals surface area (Å²) in [7, 11) is 5.49. The highest BCUT2D eigenvalue weighted by Gasteiger charge is 2.42. The third kappa shape index (κ3) is 6.45. The van der Waals surface area contributed by atoms with E-state index in [1.165, 1.54) is 24.2 Å². The number of carbonyl (C=O) groups excluding carboxylic acids is 1. The van der Waals surface area contributed by atoms with Crippen LogP contribution in [0, 0.1) is 5.41 Å². The lowest BCUT2D eigenvalue weighted by molar-refractivity contribution is -0.138. The third-order valence-electron chi connectivity index (χ3n) is 7.04. The van der Waals surface area contributed by atoms with Gasteiger partial charge in [0.25, 0.3) is 0 Å². The summed E-state index contributed by atoms with van der Waals surface area (Å²) in [5.74, 6) is 0.977. The fraction of sp³-hybridized carbons (Fsp3) is 0.680. The molecular weight excluding hydrogens is 400 g/mol. The summed E-state index contributed by atoms with van der Waals surface area (Å²) >= 11 is 0. The lowest BCUT2D eigenvalue weighted by Gasteiger charge is -2.34. The zero-order valence-corrected chi connectivity index (χ0v) is 20.5. The Morgan fingerprint density at radius 3 is 2.16 bits per heavy atom. The summed E-state index contributed by atoms with van der Waals surface area (Å²) in [6.07, 6.45) is 4.13. The van der Waals surface area contributed by atoms with E-state index in [4.69, 9.17) is 0 Å². The number of guanidine groups is 1. The quantitative estimate of drug-likeness (QED) is 0.477. The van der Waals surface area contributed by atoms with Gasteiger partial charge in [-0.15, -0.1) is 0 Å². The van der Waals surface area contributed by atoms with Crippen LogP contribution in [0.3, 0.4) is 0 Å². The van der Waals surface area contributed by atoms with Crippen LogP contribution in [0.5, 0.6) is 0 Å². The van der Waals surface area contributed by atoms with Crippen LogP contribution in [0.1, 0.15) is 43.7 Å². The molecule has 1 saturated heterocycles. The Hall–Kier alpha value is -2.12. The molecule has 1 heterocycles. The van der Waals surface area contributed by atoms with E-state index in [2.05, 4.69) is 56.6 Å². The number of nitrogens with zero attached hydrogens (tertiary/aromatic N) is 4. The average Bonchev–Trinajstić information content (AvgIpc) is 3.30. The molecule has 0 bridgehead atoms. The van der Waals surface area contributed by atoms with Gasteiger partial charge in [0.15, 0.2) is 5.96 Å². The molecule has 178 valence electrons. The molecular formula is C25H42N6O. The highest BCUT2D eigenvalue weighted by molar-refractivity contribution is 5.85. The molecule has 7 heteroatoms. The molecule has 0 radical (unpaired) electrons. The number of nitrogens with one attached hydrogen (secondary N) is 2. The Balaban J connectivity index is 1.46. The molecule has 7 nitrogen and oxygen atoms in total. The highest BCUT2D eigenvalue weighted by Crippen LogP contribution is 2.38. The fourth-order valence-electron chi connectivity index (χ4n) is 4.94. The van der Waals surface area contributed by atoms with E-state index in [9.17, 15) is 4.79 Å². The third-order valence-corrected chi connectivity index (χ3v) is 7.04. The second kappa shape index (κ2) is 11.7. The van der Waals surface area contributed by atoms with Crippen LogP contribution in [-0.2, 0) is 17.9 Å². The molecule has 1 aromatic rings. The van der Waals surface area contributed by atoms with Gasteiger partial charge >= 0.3 is 0 Å². The molecule has 2 aliphatic rings. The highest BCUT2D eigenvalue weighted by atomic mass is 16.2. The summed E-state index contributed by atoms with van der Waals surface area (Å²) in [5.41, 5.74) is 2.30. The number of benzene rings is 1. The lowest BCUT2D eigenvalue weighted by Crippen LogP contribution is -2.49. The number of rotatable bonds is 8. The molecule has 32 heavy (non-hydrogen) atoms. The van der Waals surface area contributed by atoms with Gasteiger partial charge < -0.3 is 20.4 Å². The molecule has 2 fully saturated rings. The van der Waals surface area contributed by atoms with Crippen molar-refractivity contribution in [2.45, 2.75) is 45.7 Å². The SMILES string of the molecule is CCN1CCN(Cc2ccc(CNC(=NC)NCC3(C(=O)N(C)C)CCCC3)cc2)CC1. The van der Waals surface area contributed by atoms with E-state index in [-0.39, 0.29) is 11.3 Å². The van der Waals surface area contributed by atoms with Gasteiger partial charge in [0.05, 0.1) is 5.41 Å². The Bertz CT molecular complexity index is 746. The summed E-state index contributed by atoms with van der Waals surface area (Å²) in [6.45, 7) is 10.4. The molecule has 0 unspecified atom stereocenters. The van der Waals surface area contributed by atoms with Crippen LogP contribution < -0.4 is 10.6 Å². The van der Waals surface area contributed by atoms with Crippen molar-refractivity contribution in [1.29, 1.82) is 0 Å². The normalized spacial score (nSPS) is 19.7. The van der Waals surface area contributed by atoms with Crippen LogP contribution >= 0.6 is 0 Å². The number of aliphatic imine (C=N–C) groups is 1. The van der Waals surface area contributed by atoms with Crippen LogP contribution in [0.4, 0.5) is 0 Å². The standard InChI is InChI=1S/C25H42N6O/c1-5-30-14-16-31(17-15-30)19-22-10-8-21(9-11-22)18-27-24(26-2)28-20-25(12-6-7-13-25)23(32)29(3)4/h8-11H,5-7,12-20H2,1-4H3,(H2,26,27,28). The summed E-state index contributed by atoms with van der Waals surface area (Å²) in [6, 6.07) is 8.88. The molecule has 1 saturated carbocycles. The van der Waals surface area contributed by atoms with E-state index in [0.717, 1.165) is 57.8 Å². The van der Waals surface area contributed by atoms with Crippen molar-refractivity contribution in [1.82, 2.24) is 25.3 Å². The molecule has 1 aliphatic heterocycles. The Morgan fingerprint density at radius 2 is 1.59 bits per heavy atom. The lowest BCUT2D eigenvalue weighted by atomic mass is 9.84. The molecule has 1 amide bonds. The second-order valence-corrected chi connectivity index (χ2v) is 9.49. The van der Waals surface area contributed by atoms with Crippen molar-refractivity contribution in [3.05, 3.63) is 35.4 Å². The van der Waals surface area contributed by atoms with Gasteiger partial charge in [0, 0.05) is 67.0 Å². The number of hydrogen-bond donors (Lipinski definition) is 2. The molecule has 2 N–H and O–H groups in total. The predicted octanol–water partition coefficient (Wildman–Crippen LogP) is 2.14. The van der Waals surface area contributed by atoms with E-state index in [1.807, 2.05) is 14.1 Å². The number of hydrogen-bond acceptors (Lipinski definition) is 4. The van der Waals surface area contributed by atoms with E-state index in [0.29, 0.717) is 13.1 Å². The minimum Gasteiger partial charge on any atom is -0.355 e. The molecule has 0 atom stereocenters. The maximum Gasteiger partial charge on any atom is 0.230 e. The van der Waals surface area contributed by atoms with Gasteiger partial charge in [0.1, 0.15) is 0 Å². The minimum absolute atomic E-state index is 0.227. The maximum absolute atomic E-state index is 12.8. The number of carbonyl (C=O) groups is 1. The van der Waals surface area contributed by atoms with Gasteiger partial charge in [-0.2, -0.15) is 0 Å². The summed E-state index contributed by atoms with van der Waals surface area (Å²) in [5, 5.41) is 6.82. The van der Waals surface area contributed by atoms with Crippen molar-refractivity contribution in [3.63, 3.8) is 0 Å². The van der Waals surface area contributed by atoms with Crippen LogP contribution in [-0.4, -0.2) is 87.0 Å². The largest absolute Gasteiger partial charge is 0.355 e. The zero-order chi connectivity index (χ0) is 23.0. The van der Waals surface area contributed by atoms with Crippen molar-refractivity contribution < 1.29 is 4.79 Å². The van der Waals surface area contributed by atoms with Gasteiger partial charge in [-0.05, 0) is 30.5 Å². The van der Waals surface area contributed by atoms with Gasteiger partial charge in [0.2, 0.25) is 5.91 Å².